The summed E-state index contributed by atoms with van der Waals surface area (Å²) < 4.78 is 43.0. The van der Waals surface area contributed by atoms with Crippen molar-refractivity contribution >= 4 is 27.5 Å². The predicted octanol–water partition coefficient (Wildman–Crippen LogP) is 4.97. The standard InChI is InChI=1S/C29H29F2N5O2/c30-22-8-2-6-19-5-1-7-20(23(19)22)25-24(31)26-21(17-32-25)27(35-13-15-37-16-14-35)34-28(33-26)38-18-29-9-3-11-36(29)12-4-10-29/h1-2,5-8,17H,3-4,9-16,18H2. The molecule has 3 fully saturated rings. The lowest BCUT2D eigenvalue weighted by atomic mass is 9.95. The molecule has 0 atom stereocenters. The molecule has 3 saturated heterocycles. The fraction of sp³-hybridized carbons (Fsp3) is 0.414. The van der Waals surface area contributed by atoms with Gasteiger partial charge >= 0.3 is 6.01 Å². The Labute approximate surface area is 219 Å². The summed E-state index contributed by atoms with van der Waals surface area (Å²) in [7, 11) is 0. The molecular formula is C29H29F2N5O2. The van der Waals surface area contributed by atoms with E-state index in [0.29, 0.717) is 60.5 Å². The van der Waals surface area contributed by atoms with Crippen LogP contribution in [-0.2, 0) is 4.74 Å². The molecule has 9 heteroatoms. The van der Waals surface area contributed by atoms with Gasteiger partial charge in [0, 0.05) is 30.2 Å². The van der Waals surface area contributed by atoms with Crippen LogP contribution in [0, 0.1) is 11.6 Å². The Morgan fingerprint density at radius 2 is 1.71 bits per heavy atom. The molecule has 0 N–H and O–H groups in total. The maximum atomic E-state index is 16.3. The number of ether oxygens (including phenoxy) is 2. The molecule has 0 aliphatic carbocycles. The van der Waals surface area contributed by atoms with Gasteiger partial charge in [0.15, 0.2) is 5.82 Å². The fourth-order valence-electron chi connectivity index (χ4n) is 6.44. The molecule has 3 aliphatic rings. The van der Waals surface area contributed by atoms with Gasteiger partial charge in [0.1, 0.15) is 29.5 Å². The number of rotatable bonds is 5. The van der Waals surface area contributed by atoms with Crippen molar-refractivity contribution in [3.8, 4) is 17.3 Å². The van der Waals surface area contributed by atoms with E-state index in [0.717, 1.165) is 38.8 Å². The maximum absolute atomic E-state index is 16.3. The highest BCUT2D eigenvalue weighted by Gasteiger charge is 2.45. The van der Waals surface area contributed by atoms with Crippen LogP contribution in [-0.4, -0.2) is 71.4 Å². The van der Waals surface area contributed by atoms with Crippen molar-refractivity contribution in [2.24, 2.45) is 0 Å². The second kappa shape index (κ2) is 9.39. The van der Waals surface area contributed by atoms with Crippen molar-refractivity contribution in [1.82, 2.24) is 19.9 Å². The maximum Gasteiger partial charge on any atom is 0.319 e. The number of fused-ring (bicyclic) bond motifs is 3. The highest BCUT2D eigenvalue weighted by atomic mass is 19.1. The van der Waals surface area contributed by atoms with Crippen LogP contribution in [0.1, 0.15) is 25.7 Å². The molecule has 5 heterocycles. The van der Waals surface area contributed by atoms with Gasteiger partial charge < -0.3 is 14.4 Å². The molecule has 0 unspecified atom stereocenters. The van der Waals surface area contributed by atoms with Crippen LogP contribution in [0.2, 0.25) is 0 Å². The Morgan fingerprint density at radius 1 is 0.947 bits per heavy atom. The van der Waals surface area contributed by atoms with Crippen LogP contribution >= 0.6 is 0 Å². The molecule has 0 saturated carbocycles. The largest absolute Gasteiger partial charge is 0.461 e. The minimum Gasteiger partial charge on any atom is -0.461 e. The Hall–Kier alpha value is -3.43. The molecule has 4 aromatic rings. The first-order chi connectivity index (χ1) is 18.6. The summed E-state index contributed by atoms with van der Waals surface area (Å²) in [6.07, 6.45) is 6.09. The highest BCUT2D eigenvalue weighted by molar-refractivity contribution is 5.99. The zero-order valence-electron chi connectivity index (χ0n) is 21.1. The molecule has 196 valence electrons. The number of anilines is 1. The number of halogens is 2. The summed E-state index contributed by atoms with van der Waals surface area (Å²) in [5.41, 5.74) is 0.587. The molecule has 0 spiro atoms. The van der Waals surface area contributed by atoms with E-state index in [9.17, 15) is 4.39 Å². The monoisotopic (exact) mass is 517 g/mol. The number of hydrogen-bond donors (Lipinski definition) is 0. The minimum atomic E-state index is -0.610. The van der Waals surface area contributed by atoms with Crippen LogP contribution in [0.4, 0.5) is 14.6 Å². The molecule has 7 rings (SSSR count). The zero-order chi connectivity index (χ0) is 25.7. The highest BCUT2D eigenvalue weighted by Crippen LogP contribution is 2.40. The topological polar surface area (TPSA) is 63.6 Å². The third kappa shape index (κ3) is 3.87. The molecule has 2 aromatic carbocycles. The smallest absolute Gasteiger partial charge is 0.319 e. The van der Waals surface area contributed by atoms with E-state index in [1.807, 2.05) is 0 Å². The van der Waals surface area contributed by atoms with Crippen molar-refractivity contribution < 1.29 is 18.3 Å². The van der Waals surface area contributed by atoms with Crippen molar-refractivity contribution in [3.63, 3.8) is 0 Å². The van der Waals surface area contributed by atoms with Crippen LogP contribution in [0.15, 0.2) is 42.6 Å². The summed E-state index contributed by atoms with van der Waals surface area (Å²) in [6.45, 7) is 5.03. The van der Waals surface area contributed by atoms with Gasteiger partial charge in [-0.3, -0.25) is 9.88 Å². The second-order valence-electron chi connectivity index (χ2n) is 10.5. The lowest BCUT2D eigenvalue weighted by molar-refractivity contribution is 0.107. The Balaban J connectivity index is 1.35. The minimum absolute atomic E-state index is 0.0138. The summed E-state index contributed by atoms with van der Waals surface area (Å²) in [6, 6.07) is 10.3. The van der Waals surface area contributed by atoms with Crippen molar-refractivity contribution in [3.05, 3.63) is 54.2 Å². The van der Waals surface area contributed by atoms with Gasteiger partial charge in [-0.1, -0.05) is 30.3 Å². The summed E-state index contributed by atoms with van der Waals surface area (Å²) in [5.74, 6) is -0.443. The molecule has 2 aromatic heterocycles. The molecule has 0 bridgehead atoms. The average Bonchev–Trinajstić information content (AvgIpc) is 3.53. The first-order valence-electron chi connectivity index (χ1n) is 13.4. The zero-order valence-corrected chi connectivity index (χ0v) is 21.1. The lowest BCUT2D eigenvalue weighted by Gasteiger charge is -2.32. The third-order valence-electron chi connectivity index (χ3n) is 8.34. The number of morpholine rings is 1. The van der Waals surface area contributed by atoms with Crippen molar-refractivity contribution in [2.45, 2.75) is 31.2 Å². The number of hydrogen-bond acceptors (Lipinski definition) is 7. The molecule has 3 aliphatic heterocycles. The quantitative estimate of drug-likeness (QED) is 0.371. The Morgan fingerprint density at radius 3 is 2.50 bits per heavy atom. The van der Waals surface area contributed by atoms with Crippen LogP contribution in [0.25, 0.3) is 32.9 Å². The summed E-state index contributed by atoms with van der Waals surface area (Å²) >= 11 is 0. The number of benzene rings is 2. The van der Waals surface area contributed by atoms with Gasteiger partial charge in [-0.2, -0.15) is 9.97 Å². The van der Waals surface area contributed by atoms with E-state index >= 15 is 4.39 Å². The van der Waals surface area contributed by atoms with Crippen molar-refractivity contribution in [2.75, 3.05) is 50.9 Å². The summed E-state index contributed by atoms with van der Waals surface area (Å²) in [4.78, 5) is 18.4. The lowest BCUT2D eigenvalue weighted by Crippen LogP contribution is -2.43. The van der Waals surface area contributed by atoms with Gasteiger partial charge in [-0.25, -0.2) is 8.78 Å². The van der Waals surface area contributed by atoms with E-state index in [2.05, 4.69) is 19.8 Å². The van der Waals surface area contributed by atoms with E-state index in [-0.39, 0.29) is 22.8 Å². The molecule has 0 amide bonds. The average molecular weight is 518 g/mol. The SMILES string of the molecule is Fc1c(-c2cccc3cccc(F)c23)ncc2c(N3CCOCC3)nc(OCC34CCCN3CCC4)nc12. The van der Waals surface area contributed by atoms with Gasteiger partial charge in [0.25, 0.3) is 0 Å². The van der Waals surface area contributed by atoms with Crippen LogP contribution in [0.5, 0.6) is 6.01 Å². The Kier molecular flexibility index (Phi) is 5.85. The second-order valence-corrected chi connectivity index (χ2v) is 10.5. The Bertz CT molecular complexity index is 1510. The number of pyridine rings is 1. The van der Waals surface area contributed by atoms with E-state index in [1.54, 1.807) is 36.5 Å². The predicted molar refractivity (Wildman–Crippen MR) is 141 cm³/mol. The normalized spacial score (nSPS) is 19.4. The molecule has 7 nitrogen and oxygen atoms in total. The molecular weight excluding hydrogens is 488 g/mol. The van der Waals surface area contributed by atoms with Gasteiger partial charge in [-0.15, -0.1) is 0 Å². The third-order valence-corrected chi connectivity index (χ3v) is 8.34. The van der Waals surface area contributed by atoms with Gasteiger partial charge in [0.2, 0.25) is 0 Å². The number of aromatic nitrogens is 3. The van der Waals surface area contributed by atoms with Crippen molar-refractivity contribution in [1.29, 1.82) is 0 Å². The molecule has 0 radical (unpaired) electrons. The first kappa shape index (κ1) is 23.7. The first-order valence-corrected chi connectivity index (χ1v) is 13.4. The van der Waals surface area contributed by atoms with Gasteiger partial charge in [-0.05, 0) is 50.2 Å². The van der Waals surface area contributed by atoms with Crippen LogP contribution < -0.4 is 9.64 Å². The van der Waals surface area contributed by atoms with Crippen LogP contribution in [0.3, 0.4) is 0 Å². The van der Waals surface area contributed by atoms with Gasteiger partial charge in [0.05, 0.1) is 24.1 Å². The fourth-order valence-corrected chi connectivity index (χ4v) is 6.44. The van der Waals surface area contributed by atoms with E-state index in [1.165, 1.54) is 6.07 Å². The van der Waals surface area contributed by atoms with E-state index in [4.69, 9.17) is 14.5 Å². The number of nitrogens with zero attached hydrogens (tertiary/aromatic N) is 5. The molecule has 38 heavy (non-hydrogen) atoms. The summed E-state index contributed by atoms with van der Waals surface area (Å²) in [5, 5.41) is 1.52. The van der Waals surface area contributed by atoms with E-state index < -0.39 is 11.6 Å².